The van der Waals surface area contributed by atoms with E-state index < -0.39 is 10.0 Å². The molecule has 1 N–H and O–H groups in total. The fourth-order valence-electron chi connectivity index (χ4n) is 3.06. The van der Waals surface area contributed by atoms with E-state index in [1.807, 2.05) is 0 Å². The molecule has 0 aliphatic carbocycles. The van der Waals surface area contributed by atoms with Crippen molar-refractivity contribution in [1.29, 1.82) is 0 Å². The molecule has 1 atom stereocenters. The van der Waals surface area contributed by atoms with Gasteiger partial charge in [0.15, 0.2) is 6.61 Å². The summed E-state index contributed by atoms with van der Waals surface area (Å²) in [5.41, 5.74) is 0. The van der Waals surface area contributed by atoms with Crippen LogP contribution in [-0.2, 0) is 19.6 Å². The van der Waals surface area contributed by atoms with Gasteiger partial charge in [-0.15, -0.1) is 0 Å². The first-order valence-electron chi connectivity index (χ1n) is 8.77. The molecule has 0 bridgehead atoms. The Morgan fingerprint density at radius 3 is 2.73 bits per heavy atom. The molecular weight excluding hydrogens is 380 g/mol. The van der Waals surface area contributed by atoms with Crippen molar-refractivity contribution in [3.8, 4) is 5.75 Å². The second kappa shape index (κ2) is 8.56. The Morgan fingerprint density at radius 2 is 2.08 bits per heavy atom. The second-order valence-corrected chi connectivity index (χ2v) is 8.78. The van der Waals surface area contributed by atoms with Crippen molar-refractivity contribution in [2.45, 2.75) is 36.7 Å². The fourth-order valence-corrected chi connectivity index (χ4v) is 4.91. The highest BCUT2D eigenvalue weighted by atomic mass is 35.5. The van der Waals surface area contributed by atoms with Crippen LogP contribution in [0.25, 0.3) is 0 Å². The summed E-state index contributed by atoms with van der Waals surface area (Å²) in [4.78, 5) is 12.0. The van der Waals surface area contributed by atoms with Gasteiger partial charge in [0.25, 0.3) is 5.91 Å². The van der Waals surface area contributed by atoms with E-state index in [0.717, 1.165) is 32.3 Å². The molecule has 0 unspecified atom stereocenters. The lowest BCUT2D eigenvalue weighted by atomic mass is 10.2. The summed E-state index contributed by atoms with van der Waals surface area (Å²) in [6.07, 6.45) is 3.77. The Morgan fingerprint density at radius 1 is 1.31 bits per heavy atom. The van der Waals surface area contributed by atoms with Crippen LogP contribution >= 0.6 is 11.6 Å². The van der Waals surface area contributed by atoms with Gasteiger partial charge in [0.1, 0.15) is 5.75 Å². The van der Waals surface area contributed by atoms with Gasteiger partial charge in [-0.3, -0.25) is 4.79 Å². The molecule has 9 heteroatoms. The number of rotatable bonds is 7. The topological polar surface area (TPSA) is 84.9 Å². The minimum absolute atomic E-state index is 0.0672. The number of sulfonamides is 1. The summed E-state index contributed by atoms with van der Waals surface area (Å²) < 4.78 is 37.4. The molecule has 2 saturated heterocycles. The summed E-state index contributed by atoms with van der Waals surface area (Å²) >= 11 is 6.15. The average molecular weight is 403 g/mol. The van der Waals surface area contributed by atoms with Crippen molar-refractivity contribution in [3.05, 3.63) is 23.2 Å². The highest BCUT2D eigenvalue weighted by Gasteiger charge is 2.27. The molecule has 0 spiro atoms. The predicted molar refractivity (Wildman–Crippen MR) is 96.9 cm³/mol. The molecule has 0 saturated carbocycles. The largest absolute Gasteiger partial charge is 0.482 e. The van der Waals surface area contributed by atoms with Crippen LogP contribution in [0.1, 0.15) is 25.7 Å². The van der Waals surface area contributed by atoms with Crippen molar-refractivity contribution in [3.63, 3.8) is 0 Å². The van der Waals surface area contributed by atoms with Gasteiger partial charge in [0.2, 0.25) is 10.0 Å². The molecule has 0 radical (unpaired) electrons. The highest BCUT2D eigenvalue weighted by Crippen LogP contribution is 2.29. The van der Waals surface area contributed by atoms with Crippen LogP contribution in [0, 0.1) is 0 Å². The fraction of sp³-hybridized carbons (Fsp3) is 0.588. The van der Waals surface area contributed by atoms with Crippen LogP contribution in [0.2, 0.25) is 5.02 Å². The minimum Gasteiger partial charge on any atom is -0.482 e. The van der Waals surface area contributed by atoms with Gasteiger partial charge in [0, 0.05) is 26.2 Å². The number of benzene rings is 1. The van der Waals surface area contributed by atoms with Crippen molar-refractivity contribution >= 4 is 27.5 Å². The summed E-state index contributed by atoms with van der Waals surface area (Å²) in [6.45, 7) is 2.07. The Bertz CT molecular complexity index is 744. The zero-order valence-electron chi connectivity index (χ0n) is 14.4. The molecule has 2 fully saturated rings. The molecule has 1 aromatic rings. The normalized spacial score (nSPS) is 21.0. The van der Waals surface area contributed by atoms with E-state index in [1.54, 1.807) is 0 Å². The third-order valence-electron chi connectivity index (χ3n) is 4.52. The standard InChI is InChI=1S/C17H23ClN2O5S/c18-15-10-14(26(22,23)20-7-1-2-8-20)5-6-16(15)25-12-17(21)19-11-13-4-3-9-24-13/h5-6,10,13H,1-4,7-9,11-12H2,(H,19,21)/t13-/m1/s1. The summed E-state index contributed by atoms with van der Waals surface area (Å²) in [5, 5.41) is 2.92. The van der Waals surface area contributed by atoms with Gasteiger partial charge < -0.3 is 14.8 Å². The van der Waals surface area contributed by atoms with E-state index in [-0.39, 0.29) is 34.3 Å². The molecule has 7 nitrogen and oxygen atoms in total. The Labute approximate surface area is 158 Å². The van der Waals surface area contributed by atoms with Gasteiger partial charge in [-0.1, -0.05) is 11.6 Å². The molecular formula is C17H23ClN2O5S. The number of hydrogen-bond donors (Lipinski definition) is 1. The SMILES string of the molecule is O=C(COc1ccc(S(=O)(=O)N2CCCC2)cc1Cl)NC[C@H]1CCCO1. The van der Waals surface area contributed by atoms with E-state index in [1.165, 1.54) is 22.5 Å². The van der Waals surface area contributed by atoms with E-state index in [9.17, 15) is 13.2 Å². The zero-order chi connectivity index (χ0) is 18.6. The van der Waals surface area contributed by atoms with Crippen molar-refractivity contribution < 1.29 is 22.7 Å². The van der Waals surface area contributed by atoms with Gasteiger partial charge in [-0.05, 0) is 43.9 Å². The monoisotopic (exact) mass is 402 g/mol. The van der Waals surface area contributed by atoms with Crippen molar-refractivity contribution in [2.75, 3.05) is 32.8 Å². The lowest BCUT2D eigenvalue weighted by Gasteiger charge is -2.16. The summed E-state index contributed by atoms with van der Waals surface area (Å²) in [7, 11) is -3.53. The van der Waals surface area contributed by atoms with Gasteiger partial charge >= 0.3 is 0 Å². The van der Waals surface area contributed by atoms with Crippen LogP contribution in [-0.4, -0.2) is 57.6 Å². The molecule has 3 rings (SSSR count). The number of nitrogens with one attached hydrogen (secondary N) is 1. The van der Waals surface area contributed by atoms with E-state index in [4.69, 9.17) is 21.1 Å². The Kier molecular flexibility index (Phi) is 6.39. The smallest absolute Gasteiger partial charge is 0.258 e. The van der Waals surface area contributed by atoms with Crippen LogP contribution < -0.4 is 10.1 Å². The van der Waals surface area contributed by atoms with E-state index in [0.29, 0.717) is 19.6 Å². The lowest BCUT2D eigenvalue weighted by Crippen LogP contribution is -2.35. The van der Waals surface area contributed by atoms with E-state index in [2.05, 4.69) is 5.32 Å². The van der Waals surface area contributed by atoms with E-state index >= 15 is 0 Å². The minimum atomic E-state index is -3.53. The van der Waals surface area contributed by atoms with Gasteiger partial charge in [-0.25, -0.2) is 8.42 Å². The van der Waals surface area contributed by atoms with Crippen LogP contribution in [0.5, 0.6) is 5.75 Å². The molecule has 1 amide bonds. The Hall–Kier alpha value is -1.35. The quantitative estimate of drug-likeness (QED) is 0.751. The maximum absolute atomic E-state index is 12.5. The predicted octanol–water partition coefficient (Wildman–Crippen LogP) is 1.80. The average Bonchev–Trinajstić information content (AvgIpc) is 3.32. The van der Waals surface area contributed by atoms with Gasteiger partial charge in [0.05, 0.1) is 16.0 Å². The lowest BCUT2D eigenvalue weighted by molar-refractivity contribution is -0.123. The molecule has 144 valence electrons. The molecule has 0 aromatic heterocycles. The summed E-state index contributed by atoms with van der Waals surface area (Å²) in [5.74, 6) is 0.00429. The highest BCUT2D eigenvalue weighted by molar-refractivity contribution is 7.89. The number of nitrogens with zero attached hydrogens (tertiary/aromatic N) is 1. The second-order valence-electron chi connectivity index (χ2n) is 6.43. The zero-order valence-corrected chi connectivity index (χ0v) is 16.0. The number of amides is 1. The summed E-state index contributed by atoms with van der Waals surface area (Å²) in [6, 6.07) is 4.31. The molecule has 2 heterocycles. The number of hydrogen-bond acceptors (Lipinski definition) is 5. The first-order chi connectivity index (χ1) is 12.5. The third kappa shape index (κ3) is 4.68. The van der Waals surface area contributed by atoms with Crippen molar-refractivity contribution in [1.82, 2.24) is 9.62 Å². The number of carbonyl (C=O) groups is 1. The third-order valence-corrected chi connectivity index (χ3v) is 6.71. The molecule has 2 aliphatic heterocycles. The number of ether oxygens (including phenoxy) is 2. The molecule has 26 heavy (non-hydrogen) atoms. The first kappa shape index (κ1) is 19.4. The van der Waals surface area contributed by atoms with Crippen molar-refractivity contribution in [2.24, 2.45) is 0 Å². The molecule has 1 aromatic carbocycles. The molecule has 2 aliphatic rings. The maximum atomic E-state index is 12.5. The number of carbonyl (C=O) groups excluding carboxylic acids is 1. The van der Waals surface area contributed by atoms with Gasteiger partial charge in [-0.2, -0.15) is 4.31 Å². The van der Waals surface area contributed by atoms with Crippen LogP contribution in [0.3, 0.4) is 0 Å². The van der Waals surface area contributed by atoms with Crippen LogP contribution in [0.4, 0.5) is 0 Å². The first-order valence-corrected chi connectivity index (χ1v) is 10.6. The van der Waals surface area contributed by atoms with Crippen LogP contribution in [0.15, 0.2) is 23.1 Å². The number of halogens is 1. The maximum Gasteiger partial charge on any atom is 0.258 e. The Balaban J connectivity index is 1.54.